The summed E-state index contributed by atoms with van der Waals surface area (Å²) in [5, 5.41) is 10.3. The third-order valence-corrected chi connectivity index (χ3v) is 2.16. The highest BCUT2D eigenvalue weighted by atomic mass is 127. The quantitative estimate of drug-likeness (QED) is 0.343. The first-order valence-corrected chi connectivity index (χ1v) is 6.16. The zero-order valence-electron chi connectivity index (χ0n) is 10.5. The number of hydrogen-bond donors (Lipinski definition) is 4. The second-order valence-electron chi connectivity index (χ2n) is 4.25. The lowest BCUT2D eigenvalue weighted by Crippen LogP contribution is -2.42. The molecule has 6 nitrogen and oxygen atoms in total. The first-order valence-electron chi connectivity index (χ1n) is 5.09. The van der Waals surface area contributed by atoms with E-state index >= 15 is 0 Å². The number of amides is 1. The van der Waals surface area contributed by atoms with Crippen molar-refractivity contribution in [3.63, 3.8) is 0 Å². The fraction of sp³-hybridized carbons (Fsp3) is 0.600. The van der Waals surface area contributed by atoms with Crippen LogP contribution in [0.15, 0.2) is 11.8 Å². The lowest BCUT2D eigenvalue weighted by atomic mass is 10.2. The van der Waals surface area contributed by atoms with E-state index in [4.69, 9.17) is 10.1 Å². The molecule has 98 valence electrons. The predicted molar refractivity (Wildman–Crippen MR) is 76.3 cm³/mol. The summed E-state index contributed by atoms with van der Waals surface area (Å²) < 4.78 is 5.44. The van der Waals surface area contributed by atoms with Crippen molar-refractivity contribution in [1.82, 2.24) is 16.2 Å². The average molecular weight is 354 g/mol. The number of nitrogens with one attached hydrogen (secondary N) is 4. The van der Waals surface area contributed by atoms with Gasteiger partial charge in [0.05, 0.1) is 3.72 Å². The summed E-state index contributed by atoms with van der Waals surface area (Å²) in [7, 11) is 1.75. The zero-order chi connectivity index (χ0) is 13.5. The maximum absolute atomic E-state index is 11.3. The number of hydrogen-bond acceptors (Lipinski definition) is 5. The maximum atomic E-state index is 11.3. The van der Waals surface area contributed by atoms with Gasteiger partial charge >= 0.3 is 6.09 Å². The molecule has 0 saturated carbocycles. The standard InChI is InChI=1S/C10H19IN4O2/c1-10(2,3)17-9(16)15-14-6-7(5-13-4)8(11)12/h5,12-14H,6H2,1-4H3,(H,15,16)/b7-5-,12-8?. The van der Waals surface area contributed by atoms with Crippen molar-refractivity contribution < 1.29 is 9.53 Å². The summed E-state index contributed by atoms with van der Waals surface area (Å²) in [6.45, 7) is 5.72. The third kappa shape index (κ3) is 8.93. The van der Waals surface area contributed by atoms with Gasteiger partial charge in [0.1, 0.15) is 5.60 Å². The minimum atomic E-state index is -0.540. The molecule has 0 unspecified atom stereocenters. The Morgan fingerprint density at radius 3 is 2.47 bits per heavy atom. The van der Waals surface area contributed by atoms with E-state index < -0.39 is 11.7 Å². The second kappa shape index (κ2) is 7.49. The van der Waals surface area contributed by atoms with Gasteiger partial charge in [0.25, 0.3) is 0 Å². The van der Waals surface area contributed by atoms with Crippen LogP contribution < -0.4 is 16.2 Å². The van der Waals surface area contributed by atoms with E-state index in [-0.39, 0.29) is 0 Å². The van der Waals surface area contributed by atoms with E-state index in [1.54, 1.807) is 34.0 Å². The molecule has 0 fully saturated rings. The van der Waals surface area contributed by atoms with Gasteiger partial charge in [-0.05, 0) is 43.4 Å². The van der Waals surface area contributed by atoms with E-state index in [9.17, 15) is 4.79 Å². The Morgan fingerprint density at radius 2 is 2.06 bits per heavy atom. The molecule has 0 aromatic carbocycles. The summed E-state index contributed by atoms with van der Waals surface area (Å²) in [6.07, 6.45) is 1.15. The Kier molecular flexibility index (Phi) is 7.12. The Labute approximate surface area is 115 Å². The zero-order valence-corrected chi connectivity index (χ0v) is 12.6. The Hall–Kier alpha value is -0.830. The molecule has 4 N–H and O–H groups in total. The molecule has 0 radical (unpaired) electrons. The molecule has 0 aliphatic carbocycles. The normalized spacial score (nSPS) is 11.9. The molecule has 0 bridgehead atoms. The van der Waals surface area contributed by atoms with Crippen LogP contribution in [-0.4, -0.2) is 29.0 Å². The average Bonchev–Trinajstić information content (AvgIpc) is 2.13. The van der Waals surface area contributed by atoms with Crippen LogP contribution in [0.25, 0.3) is 0 Å². The highest BCUT2D eigenvalue weighted by Gasteiger charge is 2.15. The van der Waals surface area contributed by atoms with Crippen LogP contribution in [0.3, 0.4) is 0 Å². The molecule has 0 aromatic rings. The van der Waals surface area contributed by atoms with E-state index in [1.165, 1.54) is 0 Å². The van der Waals surface area contributed by atoms with Crippen LogP contribution in [0.4, 0.5) is 4.79 Å². The van der Waals surface area contributed by atoms with E-state index in [1.807, 2.05) is 22.6 Å². The largest absolute Gasteiger partial charge is 0.443 e. The highest BCUT2D eigenvalue weighted by Crippen LogP contribution is 2.06. The fourth-order valence-corrected chi connectivity index (χ4v) is 1.23. The molecule has 0 aromatic heterocycles. The summed E-state index contributed by atoms with van der Waals surface area (Å²) in [6, 6.07) is 0. The lowest BCUT2D eigenvalue weighted by Gasteiger charge is -2.20. The van der Waals surface area contributed by atoms with Crippen molar-refractivity contribution in [3.05, 3.63) is 11.8 Å². The molecule has 0 aliphatic rings. The maximum Gasteiger partial charge on any atom is 0.422 e. The first kappa shape index (κ1) is 16.2. The van der Waals surface area contributed by atoms with Crippen molar-refractivity contribution in [2.45, 2.75) is 26.4 Å². The number of ether oxygens (including phenoxy) is 1. The van der Waals surface area contributed by atoms with Crippen LogP contribution in [0.5, 0.6) is 0 Å². The number of carbonyl (C=O) groups is 1. The minimum absolute atomic E-state index is 0.349. The van der Waals surface area contributed by atoms with E-state index in [2.05, 4.69) is 16.2 Å². The van der Waals surface area contributed by atoms with Crippen LogP contribution in [0.1, 0.15) is 20.8 Å². The van der Waals surface area contributed by atoms with Gasteiger partial charge in [-0.3, -0.25) is 10.8 Å². The van der Waals surface area contributed by atoms with Gasteiger partial charge < -0.3 is 10.1 Å². The number of carbonyl (C=O) groups excluding carboxylic acids is 1. The van der Waals surface area contributed by atoms with Gasteiger partial charge in [0.15, 0.2) is 0 Å². The molecule has 0 heterocycles. The predicted octanol–water partition coefficient (Wildman–Crippen LogP) is 1.53. The molecule has 0 saturated heterocycles. The van der Waals surface area contributed by atoms with Crippen LogP contribution >= 0.6 is 22.6 Å². The van der Waals surface area contributed by atoms with Gasteiger partial charge in [0, 0.05) is 25.4 Å². The van der Waals surface area contributed by atoms with E-state index in [0.29, 0.717) is 10.3 Å². The van der Waals surface area contributed by atoms with Crippen LogP contribution in [0, 0.1) is 5.41 Å². The lowest BCUT2D eigenvalue weighted by molar-refractivity contribution is 0.0501. The monoisotopic (exact) mass is 354 g/mol. The SMILES string of the molecule is CN/C=C(/CNNC(=O)OC(C)(C)C)C(=N)I. The fourth-order valence-electron chi connectivity index (χ4n) is 0.881. The van der Waals surface area contributed by atoms with Crippen molar-refractivity contribution in [1.29, 1.82) is 5.41 Å². The molecule has 0 atom stereocenters. The number of rotatable bonds is 5. The van der Waals surface area contributed by atoms with Crippen molar-refractivity contribution in [2.24, 2.45) is 0 Å². The van der Waals surface area contributed by atoms with Gasteiger partial charge in [-0.25, -0.2) is 10.2 Å². The Morgan fingerprint density at radius 1 is 1.47 bits per heavy atom. The number of hydrazine groups is 1. The van der Waals surface area contributed by atoms with E-state index in [0.717, 1.165) is 5.57 Å². The molecule has 7 heteroatoms. The molecule has 0 aliphatic heterocycles. The molecule has 17 heavy (non-hydrogen) atoms. The summed E-state index contributed by atoms with van der Waals surface area (Å²) >= 11 is 1.90. The minimum Gasteiger partial charge on any atom is -0.443 e. The van der Waals surface area contributed by atoms with Gasteiger partial charge in [-0.15, -0.1) is 0 Å². The highest BCUT2D eigenvalue weighted by molar-refractivity contribution is 14.1. The van der Waals surface area contributed by atoms with Crippen LogP contribution in [-0.2, 0) is 4.74 Å². The van der Waals surface area contributed by atoms with Gasteiger partial charge in [0.2, 0.25) is 0 Å². The topological polar surface area (TPSA) is 86.2 Å². The third-order valence-electron chi connectivity index (χ3n) is 1.47. The molecule has 0 rings (SSSR count). The Balaban J connectivity index is 4.02. The summed E-state index contributed by atoms with van der Waals surface area (Å²) in [4.78, 5) is 11.3. The molecule has 1 amide bonds. The van der Waals surface area contributed by atoms with Crippen molar-refractivity contribution in [2.75, 3.05) is 13.6 Å². The smallest absolute Gasteiger partial charge is 0.422 e. The summed E-state index contributed by atoms with van der Waals surface area (Å²) in [5.41, 5.74) is 5.32. The van der Waals surface area contributed by atoms with Crippen molar-refractivity contribution in [3.8, 4) is 0 Å². The number of halogens is 1. The van der Waals surface area contributed by atoms with Crippen molar-refractivity contribution >= 4 is 32.4 Å². The van der Waals surface area contributed by atoms with Gasteiger partial charge in [-0.2, -0.15) is 0 Å². The summed E-state index contributed by atoms with van der Waals surface area (Å²) in [5.74, 6) is 0. The second-order valence-corrected chi connectivity index (χ2v) is 5.33. The molecular weight excluding hydrogens is 335 g/mol. The first-order chi connectivity index (χ1) is 7.76. The van der Waals surface area contributed by atoms with Gasteiger partial charge in [-0.1, -0.05) is 0 Å². The Bertz CT molecular complexity index is 310. The van der Waals surface area contributed by atoms with Crippen LogP contribution in [0.2, 0.25) is 0 Å². The molecular formula is C10H19IN4O2. The molecule has 0 spiro atoms.